The summed E-state index contributed by atoms with van der Waals surface area (Å²) in [5.74, 6) is 0. The van der Waals surface area contributed by atoms with Crippen LogP contribution >= 0.6 is 7.82 Å². The predicted molar refractivity (Wildman–Crippen MR) is 9.83 cm³/mol. The summed E-state index contributed by atoms with van der Waals surface area (Å²) >= 11 is 0. The molecule has 1 N–H and O–H groups in total. The molecular formula is HClFeNaO7P. The molecule has 0 rings (SSSR count). The average Bonchev–Trinajstić information content (AvgIpc) is 1.19. The molecule has 0 aromatic carbocycles. The van der Waals surface area contributed by atoms with Crippen molar-refractivity contribution >= 4 is 7.82 Å². The van der Waals surface area contributed by atoms with E-state index in [1.165, 1.54) is 0 Å². The molecule has 0 aliphatic heterocycles. The molecule has 0 bridgehead atoms. The van der Waals surface area contributed by atoms with Crippen molar-refractivity contribution in [1.82, 2.24) is 0 Å². The predicted octanol–water partition coefficient (Wildman–Crippen LogP) is -8.76. The van der Waals surface area contributed by atoms with Crippen molar-refractivity contribution in [3.05, 3.63) is 0 Å². The Hall–Kier alpha value is 1.80. The van der Waals surface area contributed by atoms with Crippen molar-refractivity contribution < 1.29 is 90.6 Å². The second-order valence-electron chi connectivity index (χ2n) is 0.648. The van der Waals surface area contributed by atoms with Gasteiger partial charge in [0, 0.05) is 4.66 Å². The zero-order chi connectivity index (χ0) is 8.08. The molecule has 0 heterocycles. The maximum absolute atomic E-state index is 8.55. The van der Waals surface area contributed by atoms with Crippen molar-refractivity contribution in [3.63, 3.8) is 0 Å². The molecule has 0 spiro atoms. The standard InChI is InChI=1S/ClHO3.Fe.Na.H3O4P/c2-1(3)4;;;1-5(2,3)4/h2H;;;(H3,1,2,3,4)/q;+2;+1;/p-3. The minimum Gasteiger partial charge on any atom is -0.822 e. The van der Waals surface area contributed by atoms with Gasteiger partial charge in [0.15, 0.2) is 0 Å². The molecule has 0 unspecified atom stereocenters. The van der Waals surface area contributed by atoms with Gasteiger partial charge in [0.1, 0.15) is 0 Å². The summed E-state index contributed by atoms with van der Waals surface area (Å²) in [6.07, 6.45) is 0. The van der Waals surface area contributed by atoms with Crippen molar-refractivity contribution in [2.24, 2.45) is 0 Å². The molecule has 0 radical (unpaired) electrons. The molecule has 11 heteroatoms. The van der Waals surface area contributed by atoms with Crippen LogP contribution in [0.5, 0.6) is 0 Å². The zero-order valence-electron chi connectivity index (χ0n) is 5.08. The number of phosphoric acid groups is 1. The second kappa shape index (κ2) is 11.8. The zero-order valence-corrected chi connectivity index (χ0v) is 9.83. The Morgan fingerprint density at radius 2 is 1.18 bits per heavy atom. The molecule has 0 aliphatic rings. The first-order chi connectivity index (χ1) is 3.73. The molecule has 7 nitrogen and oxygen atoms in total. The molecule has 0 aromatic rings. The van der Waals surface area contributed by atoms with Crippen molar-refractivity contribution in [1.29, 1.82) is 0 Å². The maximum Gasteiger partial charge on any atom is 2.00 e. The van der Waals surface area contributed by atoms with Gasteiger partial charge in [-0.25, -0.2) is 0 Å². The Morgan fingerprint density at radius 3 is 1.18 bits per heavy atom. The maximum atomic E-state index is 8.55. The van der Waals surface area contributed by atoms with Crippen LogP contribution in [-0.4, -0.2) is 4.66 Å². The monoisotopic (exact) mass is 258 g/mol. The normalized spacial score (nSPS) is 8.64. The third-order valence-electron chi connectivity index (χ3n) is 0. The van der Waals surface area contributed by atoms with Crippen LogP contribution in [-0.2, 0) is 21.6 Å². The van der Waals surface area contributed by atoms with E-state index in [2.05, 4.69) is 0 Å². The molecule has 0 saturated heterocycles. The van der Waals surface area contributed by atoms with Crippen LogP contribution in [0, 0.1) is 10.8 Å². The minimum absolute atomic E-state index is 0. The van der Waals surface area contributed by atoms with E-state index >= 15 is 0 Å². The third kappa shape index (κ3) is 350. The molecule has 0 atom stereocenters. The number of halogens is 1. The van der Waals surface area contributed by atoms with Gasteiger partial charge >= 0.3 is 46.6 Å². The molecule has 11 heavy (non-hydrogen) atoms. The molecule has 0 amide bonds. The summed E-state index contributed by atoms with van der Waals surface area (Å²) in [6.45, 7) is 0. The summed E-state index contributed by atoms with van der Waals surface area (Å²) in [6, 6.07) is 0. The van der Waals surface area contributed by atoms with E-state index in [1.807, 2.05) is 0 Å². The van der Waals surface area contributed by atoms with Crippen LogP contribution in [0.4, 0.5) is 0 Å². The van der Waals surface area contributed by atoms with Gasteiger partial charge in [-0.15, -0.1) is 0 Å². The van der Waals surface area contributed by atoms with Gasteiger partial charge in [0.25, 0.3) is 10.8 Å². The molecule has 64 valence electrons. The first kappa shape index (κ1) is 23.0. The van der Waals surface area contributed by atoms with E-state index < -0.39 is 18.6 Å². The average molecular weight is 258 g/mol. The number of hydrogen-bond donors (Lipinski definition) is 1. The molecule has 0 aromatic heterocycles. The third-order valence-corrected chi connectivity index (χ3v) is 0. The van der Waals surface area contributed by atoms with E-state index in [4.69, 9.17) is 33.2 Å². The van der Waals surface area contributed by atoms with E-state index in [9.17, 15) is 0 Å². The SMILES string of the molecule is O=P([O-])([O-])[O-].[Fe+2].[Na+].[O-][Cl+2]([O-])O. The van der Waals surface area contributed by atoms with Gasteiger partial charge in [-0.1, -0.05) is 0 Å². The number of rotatable bonds is 0. The Balaban J connectivity index is -0.0000000383. The van der Waals surface area contributed by atoms with E-state index in [0.29, 0.717) is 0 Å². The Kier molecular flexibility index (Phi) is 24.7. The van der Waals surface area contributed by atoms with Crippen LogP contribution in [0.15, 0.2) is 0 Å². The van der Waals surface area contributed by atoms with Gasteiger partial charge in [-0.05, 0) is 0 Å². The Bertz CT molecular complexity index is 89.6. The first-order valence-electron chi connectivity index (χ1n) is 1.21. The summed E-state index contributed by atoms with van der Waals surface area (Å²) in [4.78, 5) is 25.6. The summed E-state index contributed by atoms with van der Waals surface area (Å²) in [7, 11) is -7.99. The van der Waals surface area contributed by atoms with Crippen molar-refractivity contribution in [2.45, 2.75) is 0 Å². The minimum atomic E-state index is -5.39. The fourth-order valence-electron chi connectivity index (χ4n) is 0. The topological polar surface area (TPSA) is 153 Å². The van der Waals surface area contributed by atoms with Gasteiger partial charge in [-0.2, -0.15) is 7.82 Å². The van der Waals surface area contributed by atoms with E-state index in [0.717, 1.165) is 0 Å². The van der Waals surface area contributed by atoms with E-state index in [1.54, 1.807) is 0 Å². The van der Waals surface area contributed by atoms with Gasteiger partial charge in [-0.3, -0.25) is 0 Å². The summed E-state index contributed by atoms with van der Waals surface area (Å²) in [5, 5.41) is 0. The first-order valence-corrected chi connectivity index (χ1v) is 3.62. The second-order valence-corrected chi connectivity index (χ2v) is 1.94. The van der Waals surface area contributed by atoms with Crippen LogP contribution < -0.4 is 53.6 Å². The van der Waals surface area contributed by atoms with Gasteiger partial charge in [0.2, 0.25) is 0 Å². The molecule has 0 fully saturated rings. The molecular weight excluding hydrogens is 257 g/mol. The van der Waals surface area contributed by atoms with E-state index in [-0.39, 0.29) is 46.6 Å². The van der Waals surface area contributed by atoms with Crippen molar-refractivity contribution in [2.75, 3.05) is 0 Å². The fourth-order valence-corrected chi connectivity index (χ4v) is 0. The Labute approximate surface area is 97.8 Å². The summed E-state index contributed by atoms with van der Waals surface area (Å²) in [5.41, 5.74) is 0. The van der Waals surface area contributed by atoms with Gasteiger partial charge in [0.05, 0.1) is 0 Å². The van der Waals surface area contributed by atoms with Crippen LogP contribution in [0.2, 0.25) is 0 Å². The largest absolute Gasteiger partial charge is 2.00 e. The smallest absolute Gasteiger partial charge is 0.822 e. The number of hydrogen-bond acceptors (Lipinski definition) is 7. The van der Waals surface area contributed by atoms with Crippen molar-refractivity contribution in [3.8, 4) is 0 Å². The quantitative estimate of drug-likeness (QED) is 0.334. The fraction of sp³-hybridized carbons (Fsp3) is 0. The Morgan fingerprint density at radius 1 is 1.18 bits per heavy atom. The van der Waals surface area contributed by atoms with Crippen LogP contribution in [0.1, 0.15) is 0 Å². The molecule has 0 saturated carbocycles. The summed E-state index contributed by atoms with van der Waals surface area (Å²) < 4.78 is 32.5. The van der Waals surface area contributed by atoms with Crippen LogP contribution in [0.3, 0.4) is 0 Å². The molecule has 0 aliphatic carbocycles. The van der Waals surface area contributed by atoms with Crippen LogP contribution in [0.25, 0.3) is 0 Å². The van der Waals surface area contributed by atoms with Gasteiger partial charge < -0.3 is 28.6 Å².